The van der Waals surface area contributed by atoms with E-state index in [-0.39, 0.29) is 11.7 Å². The molecule has 2 heterocycles. The largest absolute Gasteiger partial charge is 0.483 e. The number of anilines is 1. The standard InChI is InChI=1S/C21H29N5O4S/c1-23(2)31(28,29)25-14-12-24(13-15-25)19-16-22-26(17-8-4-3-5-9-17)21(27)20(19)30-18-10-6-7-11-18/h3-5,8-9,16,18H,6-7,10-15H2,1-2H3. The van der Waals surface area contributed by atoms with Crippen LogP contribution in [0.4, 0.5) is 5.69 Å². The Labute approximate surface area is 183 Å². The first-order valence-electron chi connectivity index (χ1n) is 10.6. The van der Waals surface area contributed by atoms with Crippen LogP contribution in [0.25, 0.3) is 5.69 Å². The van der Waals surface area contributed by atoms with E-state index in [2.05, 4.69) is 5.10 Å². The number of hydrogen-bond acceptors (Lipinski definition) is 6. The summed E-state index contributed by atoms with van der Waals surface area (Å²) >= 11 is 0. The molecule has 2 fully saturated rings. The normalized spacial score (nSPS) is 18.6. The summed E-state index contributed by atoms with van der Waals surface area (Å²) in [5, 5.41) is 4.40. The first kappa shape index (κ1) is 21.8. The van der Waals surface area contributed by atoms with Gasteiger partial charge in [-0.05, 0) is 37.8 Å². The molecule has 0 atom stereocenters. The molecule has 0 N–H and O–H groups in total. The second-order valence-electron chi connectivity index (χ2n) is 8.11. The molecule has 9 nitrogen and oxygen atoms in total. The van der Waals surface area contributed by atoms with Crippen LogP contribution in [0.1, 0.15) is 25.7 Å². The molecule has 2 aliphatic rings. The number of ether oxygens (including phenoxy) is 1. The van der Waals surface area contributed by atoms with Gasteiger partial charge in [-0.15, -0.1) is 0 Å². The van der Waals surface area contributed by atoms with E-state index in [1.54, 1.807) is 6.20 Å². The second kappa shape index (κ2) is 8.97. The zero-order valence-electron chi connectivity index (χ0n) is 18.0. The Hall–Kier alpha value is -2.43. The van der Waals surface area contributed by atoms with Crippen molar-refractivity contribution in [2.45, 2.75) is 31.8 Å². The molecule has 1 aromatic heterocycles. The van der Waals surface area contributed by atoms with Crippen molar-refractivity contribution in [1.29, 1.82) is 0 Å². The number of nitrogens with zero attached hydrogens (tertiary/aromatic N) is 5. The van der Waals surface area contributed by atoms with Crippen molar-refractivity contribution in [2.75, 3.05) is 45.2 Å². The van der Waals surface area contributed by atoms with Crippen molar-refractivity contribution >= 4 is 15.9 Å². The highest BCUT2D eigenvalue weighted by Crippen LogP contribution is 2.30. The van der Waals surface area contributed by atoms with Crippen LogP contribution >= 0.6 is 0 Å². The molecule has 168 valence electrons. The maximum Gasteiger partial charge on any atom is 0.316 e. The van der Waals surface area contributed by atoms with Crippen molar-refractivity contribution in [3.05, 3.63) is 46.9 Å². The zero-order chi connectivity index (χ0) is 22.0. The molecule has 2 aromatic rings. The van der Waals surface area contributed by atoms with Gasteiger partial charge in [-0.25, -0.2) is 0 Å². The molecule has 1 aromatic carbocycles. The fourth-order valence-electron chi connectivity index (χ4n) is 4.08. The third-order valence-corrected chi connectivity index (χ3v) is 7.81. The third kappa shape index (κ3) is 4.46. The molecule has 0 amide bonds. The lowest BCUT2D eigenvalue weighted by atomic mass is 10.2. The van der Waals surface area contributed by atoms with Crippen molar-refractivity contribution in [3.8, 4) is 11.4 Å². The van der Waals surface area contributed by atoms with Gasteiger partial charge in [0.05, 0.1) is 18.0 Å². The molecule has 1 saturated carbocycles. The Morgan fingerprint density at radius 2 is 1.68 bits per heavy atom. The number of hydrogen-bond donors (Lipinski definition) is 0. The van der Waals surface area contributed by atoms with Gasteiger partial charge in [0.25, 0.3) is 10.2 Å². The molecular formula is C21H29N5O4S. The Balaban J connectivity index is 1.64. The fraction of sp³-hybridized carbons (Fsp3) is 0.524. The fourth-order valence-corrected chi connectivity index (χ4v) is 5.17. The minimum atomic E-state index is -3.46. The van der Waals surface area contributed by atoms with Crippen LogP contribution in [0.5, 0.6) is 5.75 Å². The minimum Gasteiger partial charge on any atom is -0.483 e. The van der Waals surface area contributed by atoms with Crippen molar-refractivity contribution < 1.29 is 13.2 Å². The number of benzene rings is 1. The highest BCUT2D eigenvalue weighted by molar-refractivity contribution is 7.86. The van der Waals surface area contributed by atoms with Gasteiger partial charge < -0.3 is 9.64 Å². The summed E-state index contributed by atoms with van der Waals surface area (Å²) in [6.07, 6.45) is 5.74. The molecule has 0 radical (unpaired) electrons. The maximum absolute atomic E-state index is 13.4. The number of aromatic nitrogens is 2. The smallest absolute Gasteiger partial charge is 0.316 e. The molecule has 1 saturated heterocycles. The highest BCUT2D eigenvalue weighted by Gasteiger charge is 2.31. The van der Waals surface area contributed by atoms with E-state index in [1.165, 1.54) is 27.4 Å². The first-order valence-corrected chi connectivity index (χ1v) is 12.0. The van der Waals surface area contributed by atoms with E-state index in [1.807, 2.05) is 35.2 Å². The number of para-hydroxylation sites is 1. The van der Waals surface area contributed by atoms with Crippen molar-refractivity contribution in [1.82, 2.24) is 18.4 Å². The van der Waals surface area contributed by atoms with E-state index in [9.17, 15) is 13.2 Å². The number of piperazine rings is 1. The second-order valence-corrected chi connectivity index (χ2v) is 10.3. The summed E-state index contributed by atoms with van der Waals surface area (Å²) in [5.74, 6) is 0.301. The van der Waals surface area contributed by atoms with Crippen LogP contribution in [0.2, 0.25) is 0 Å². The van der Waals surface area contributed by atoms with E-state index in [4.69, 9.17) is 4.74 Å². The third-order valence-electron chi connectivity index (χ3n) is 5.87. The van der Waals surface area contributed by atoms with Crippen molar-refractivity contribution in [3.63, 3.8) is 0 Å². The molecule has 0 unspecified atom stereocenters. The molecule has 0 spiro atoms. The average molecular weight is 448 g/mol. The van der Waals surface area contributed by atoms with E-state index in [0.717, 1.165) is 25.7 Å². The first-order chi connectivity index (χ1) is 14.9. The summed E-state index contributed by atoms with van der Waals surface area (Å²) in [6.45, 7) is 1.60. The molecule has 4 rings (SSSR count). The molecule has 1 aliphatic heterocycles. The predicted molar refractivity (Wildman–Crippen MR) is 119 cm³/mol. The van der Waals surface area contributed by atoms with Crippen LogP contribution in [0.3, 0.4) is 0 Å². The zero-order valence-corrected chi connectivity index (χ0v) is 18.8. The van der Waals surface area contributed by atoms with Crippen LogP contribution in [0.15, 0.2) is 41.3 Å². The predicted octanol–water partition coefficient (Wildman–Crippen LogP) is 1.48. The van der Waals surface area contributed by atoms with Gasteiger partial charge in [-0.1, -0.05) is 18.2 Å². The summed E-state index contributed by atoms with van der Waals surface area (Å²) < 4.78 is 35.1. The Morgan fingerprint density at radius 1 is 1.03 bits per heavy atom. The van der Waals surface area contributed by atoms with Gasteiger partial charge in [0.2, 0.25) is 5.75 Å². The molecule has 10 heteroatoms. The van der Waals surface area contributed by atoms with E-state index in [0.29, 0.717) is 43.3 Å². The summed E-state index contributed by atoms with van der Waals surface area (Å²) in [4.78, 5) is 15.4. The summed E-state index contributed by atoms with van der Waals surface area (Å²) in [6, 6.07) is 9.27. The van der Waals surface area contributed by atoms with Crippen molar-refractivity contribution in [2.24, 2.45) is 0 Å². The monoisotopic (exact) mass is 447 g/mol. The lowest BCUT2D eigenvalue weighted by molar-refractivity contribution is 0.205. The van der Waals surface area contributed by atoms with Gasteiger partial charge in [-0.2, -0.15) is 26.8 Å². The summed E-state index contributed by atoms with van der Waals surface area (Å²) in [5.41, 5.74) is 1.02. The van der Waals surface area contributed by atoms with E-state index >= 15 is 0 Å². The number of rotatable bonds is 6. The molecular weight excluding hydrogens is 418 g/mol. The lowest BCUT2D eigenvalue weighted by Crippen LogP contribution is -2.52. The molecule has 1 aliphatic carbocycles. The van der Waals surface area contributed by atoms with Crippen LogP contribution in [-0.4, -0.2) is 73.2 Å². The molecule has 0 bridgehead atoms. The van der Waals surface area contributed by atoms with E-state index < -0.39 is 10.2 Å². The SMILES string of the molecule is CN(C)S(=O)(=O)N1CCN(c2cnn(-c3ccccc3)c(=O)c2OC2CCCC2)CC1. The quantitative estimate of drug-likeness (QED) is 0.667. The van der Waals surface area contributed by atoms with Gasteiger partial charge in [0.1, 0.15) is 5.69 Å². The molecule has 31 heavy (non-hydrogen) atoms. The Kier molecular flexibility index (Phi) is 6.31. The average Bonchev–Trinajstić information content (AvgIpc) is 3.29. The topological polar surface area (TPSA) is 88.0 Å². The Morgan fingerprint density at radius 3 is 2.29 bits per heavy atom. The van der Waals surface area contributed by atoms with Gasteiger partial charge in [-0.3, -0.25) is 4.79 Å². The van der Waals surface area contributed by atoms with Crippen LogP contribution < -0.4 is 15.2 Å². The Bertz CT molecular complexity index is 1060. The van der Waals surface area contributed by atoms with Crippen LogP contribution in [-0.2, 0) is 10.2 Å². The minimum absolute atomic E-state index is 0.0217. The highest BCUT2D eigenvalue weighted by atomic mass is 32.2. The van der Waals surface area contributed by atoms with Gasteiger partial charge in [0.15, 0.2) is 0 Å². The summed E-state index contributed by atoms with van der Waals surface area (Å²) in [7, 11) is -0.398. The van der Waals surface area contributed by atoms with Gasteiger partial charge >= 0.3 is 5.56 Å². The van der Waals surface area contributed by atoms with Gasteiger partial charge in [0, 0.05) is 40.3 Å². The maximum atomic E-state index is 13.4. The lowest BCUT2D eigenvalue weighted by Gasteiger charge is -2.36. The van der Waals surface area contributed by atoms with Crippen LogP contribution in [0, 0.1) is 0 Å².